The van der Waals surface area contributed by atoms with Crippen molar-refractivity contribution in [3.8, 4) is 0 Å². The Balaban J connectivity index is 1.89. The van der Waals surface area contributed by atoms with Gasteiger partial charge in [-0.15, -0.1) is 0 Å². The first-order chi connectivity index (χ1) is 8.64. The van der Waals surface area contributed by atoms with Crippen LogP contribution in [-0.4, -0.2) is 50.1 Å². The quantitative estimate of drug-likeness (QED) is 0.768. The molecule has 0 aromatic carbocycles. The second-order valence-electron chi connectivity index (χ2n) is 5.10. The zero-order valence-electron chi connectivity index (χ0n) is 10.1. The van der Waals surface area contributed by atoms with Crippen molar-refractivity contribution in [2.75, 3.05) is 18.1 Å². The zero-order valence-corrected chi connectivity index (χ0v) is 10.9. The van der Waals surface area contributed by atoms with E-state index in [1.807, 2.05) is 5.32 Å². The van der Waals surface area contributed by atoms with Gasteiger partial charge in [0.1, 0.15) is 5.54 Å². The zero-order chi connectivity index (χ0) is 14.3. The molecule has 1 heterocycles. The van der Waals surface area contributed by atoms with Gasteiger partial charge in [0, 0.05) is 19.0 Å². The first-order valence-corrected chi connectivity index (χ1v) is 7.77. The second kappa shape index (κ2) is 4.62. The van der Waals surface area contributed by atoms with Crippen molar-refractivity contribution in [2.45, 2.75) is 37.0 Å². The van der Waals surface area contributed by atoms with Crippen LogP contribution in [0.25, 0.3) is 0 Å². The number of hydrogen-bond acceptors (Lipinski definition) is 4. The van der Waals surface area contributed by atoms with E-state index in [1.165, 1.54) is 0 Å². The Morgan fingerprint density at radius 1 is 1.37 bits per heavy atom. The minimum atomic E-state index is -4.45. The van der Waals surface area contributed by atoms with Crippen molar-refractivity contribution >= 4 is 15.7 Å². The van der Waals surface area contributed by atoms with E-state index in [-0.39, 0.29) is 37.3 Å². The van der Waals surface area contributed by atoms with Gasteiger partial charge in [-0.25, -0.2) is 8.42 Å². The topological polar surface area (TPSA) is 75.3 Å². The molecule has 19 heavy (non-hydrogen) atoms. The number of hydrogen-bond donors (Lipinski definition) is 2. The Labute approximate surface area is 108 Å². The third-order valence-electron chi connectivity index (χ3n) is 3.40. The van der Waals surface area contributed by atoms with Gasteiger partial charge in [0.2, 0.25) is 5.91 Å². The number of rotatable bonds is 3. The Kier molecular flexibility index (Phi) is 3.54. The molecular weight excluding hydrogens is 285 g/mol. The third-order valence-corrected chi connectivity index (χ3v) is 5.14. The van der Waals surface area contributed by atoms with Gasteiger partial charge in [-0.2, -0.15) is 13.2 Å². The van der Waals surface area contributed by atoms with Crippen LogP contribution in [0, 0.1) is 0 Å². The molecule has 1 aliphatic carbocycles. The van der Waals surface area contributed by atoms with Crippen LogP contribution in [0.3, 0.4) is 0 Å². The lowest BCUT2D eigenvalue weighted by Gasteiger charge is -2.25. The molecule has 1 unspecified atom stereocenters. The molecule has 110 valence electrons. The van der Waals surface area contributed by atoms with E-state index < -0.39 is 33.5 Å². The Morgan fingerprint density at radius 3 is 2.47 bits per heavy atom. The SMILES string of the molecule is O=C(CC1CS(=O)(=O)CCN1)NC1(C(F)(F)F)CC1. The Morgan fingerprint density at radius 2 is 2.00 bits per heavy atom. The summed E-state index contributed by atoms with van der Waals surface area (Å²) in [6.07, 6.45) is -4.93. The minimum absolute atomic E-state index is 0.00237. The highest BCUT2D eigenvalue weighted by atomic mass is 32.2. The molecule has 1 amide bonds. The van der Waals surface area contributed by atoms with Gasteiger partial charge in [0.15, 0.2) is 9.84 Å². The van der Waals surface area contributed by atoms with Crippen LogP contribution in [0.15, 0.2) is 0 Å². The summed E-state index contributed by atoms with van der Waals surface area (Å²) in [5, 5.41) is 4.81. The molecule has 2 rings (SSSR count). The first-order valence-electron chi connectivity index (χ1n) is 5.95. The van der Waals surface area contributed by atoms with Gasteiger partial charge in [-0.3, -0.25) is 4.79 Å². The van der Waals surface area contributed by atoms with E-state index in [0.29, 0.717) is 0 Å². The molecule has 9 heteroatoms. The predicted molar refractivity (Wildman–Crippen MR) is 61.2 cm³/mol. The fraction of sp³-hybridized carbons (Fsp3) is 0.900. The molecule has 2 fully saturated rings. The van der Waals surface area contributed by atoms with Gasteiger partial charge in [-0.1, -0.05) is 0 Å². The number of carbonyl (C=O) groups is 1. The van der Waals surface area contributed by atoms with E-state index >= 15 is 0 Å². The molecule has 1 saturated carbocycles. The maximum Gasteiger partial charge on any atom is 0.411 e. The number of sulfone groups is 1. The van der Waals surface area contributed by atoms with Crippen molar-refractivity contribution in [1.82, 2.24) is 10.6 Å². The smallest absolute Gasteiger partial charge is 0.342 e. The highest BCUT2D eigenvalue weighted by Gasteiger charge is 2.64. The van der Waals surface area contributed by atoms with Gasteiger partial charge < -0.3 is 10.6 Å². The monoisotopic (exact) mass is 300 g/mol. The van der Waals surface area contributed by atoms with Crippen LogP contribution >= 0.6 is 0 Å². The molecule has 1 atom stereocenters. The van der Waals surface area contributed by atoms with Crippen LogP contribution in [-0.2, 0) is 14.6 Å². The van der Waals surface area contributed by atoms with Crippen LogP contribution in [0.1, 0.15) is 19.3 Å². The summed E-state index contributed by atoms with van der Waals surface area (Å²) in [6.45, 7) is 0.227. The van der Waals surface area contributed by atoms with Gasteiger partial charge in [0.05, 0.1) is 11.5 Å². The first kappa shape index (κ1) is 14.6. The Bertz CT molecular complexity index is 471. The average molecular weight is 300 g/mol. The number of alkyl halides is 3. The summed E-state index contributed by atoms with van der Waals surface area (Å²) < 4.78 is 60.6. The largest absolute Gasteiger partial charge is 0.411 e. The fourth-order valence-corrected chi connectivity index (χ4v) is 3.59. The number of carbonyl (C=O) groups excluding carboxylic acids is 1. The summed E-state index contributed by atoms with van der Waals surface area (Å²) in [4.78, 5) is 11.6. The third kappa shape index (κ3) is 3.38. The highest BCUT2D eigenvalue weighted by Crippen LogP contribution is 2.48. The summed E-state index contributed by atoms with van der Waals surface area (Å²) >= 11 is 0. The summed E-state index contributed by atoms with van der Waals surface area (Å²) in [6, 6.07) is -0.609. The van der Waals surface area contributed by atoms with E-state index in [0.717, 1.165) is 0 Å². The van der Waals surface area contributed by atoms with Crippen molar-refractivity contribution in [3.63, 3.8) is 0 Å². The van der Waals surface area contributed by atoms with Crippen LogP contribution in [0.5, 0.6) is 0 Å². The van der Waals surface area contributed by atoms with Crippen molar-refractivity contribution < 1.29 is 26.4 Å². The Hall–Kier alpha value is -0.830. The maximum atomic E-state index is 12.6. The lowest BCUT2D eigenvalue weighted by molar-refractivity contribution is -0.170. The lowest BCUT2D eigenvalue weighted by Crippen LogP contribution is -2.51. The van der Waals surface area contributed by atoms with Crippen molar-refractivity contribution in [2.24, 2.45) is 0 Å². The van der Waals surface area contributed by atoms with Crippen molar-refractivity contribution in [1.29, 1.82) is 0 Å². The predicted octanol–water partition coefficient (Wildman–Crippen LogP) is -0.0258. The molecule has 0 spiro atoms. The molecule has 1 saturated heterocycles. The summed E-state index contributed by atoms with van der Waals surface area (Å²) in [5.74, 6) is -0.971. The van der Waals surface area contributed by atoms with Crippen LogP contribution < -0.4 is 10.6 Å². The summed E-state index contributed by atoms with van der Waals surface area (Å²) in [5.41, 5.74) is -2.09. The van der Waals surface area contributed by atoms with E-state index in [2.05, 4.69) is 5.32 Å². The highest BCUT2D eigenvalue weighted by molar-refractivity contribution is 7.91. The summed E-state index contributed by atoms with van der Waals surface area (Å²) in [7, 11) is -3.20. The fourth-order valence-electron chi connectivity index (χ4n) is 2.14. The molecule has 1 aliphatic heterocycles. The number of amides is 1. The van der Waals surface area contributed by atoms with Crippen LogP contribution in [0.2, 0.25) is 0 Å². The second-order valence-corrected chi connectivity index (χ2v) is 7.33. The number of nitrogens with one attached hydrogen (secondary N) is 2. The van der Waals surface area contributed by atoms with Gasteiger partial charge in [-0.05, 0) is 12.8 Å². The molecule has 2 aliphatic rings. The molecule has 0 aromatic heterocycles. The van der Waals surface area contributed by atoms with E-state index in [4.69, 9.17) is 0 Å². The normalized spacial score (nSPS) is 28.7. The van der Waals surface area contributed by atoms with Crippen molar-refractivity contribution in [3.05, 3.63) is 0 Å². The molecule has 2 N–H and O–H groups in total. The molecule has 0 radical (unpaired) electrons. The van der Waals surface area contributed by atoms with E-state index in [9.17, 15) is 26.4 Å². The minimum Gasteiger partial charge on any atom is -0.342 e. The molecule has 0 bridgehead atoms. The van der Waals surface area contributed by atoms with E-state index in [1.54, 1.807) is 0 Å². The molecule has 5 nitrogen and oxygen atoms in total. The maximum absolute atomic E-state index is 12.6. The average Bonchev–Trinajstić information content (AvgIpc) is 2.95. The van der Waals surface area contributed by atoms with Crippen LogP contribution in [0.4, 0.5) is 13.2 Å². The standard InChI is InChI=1S/C10H15F3N2O3S/c11-10(12,13)9(1-2-9)15-8(16)5-7-6-19(17,18)4-3-14-7/h7,14H,1-6H2,(H,15,16). The van der Waals surface area contributed by atoms with Gasteiger partial charge >= 0.3 is 6.18 Å². The molecule has 0 aromatic rings. The molecular formula is C10H15F3N2O3S. The lowest BCUT2D eigenvalue weighted by atomic mass is 10.2. The van der Waals surface area contributed by atoms with Gasteiger partial charge in [0.25, 0.3) is 0 Å². The number of halogens is 3.